The number of hydrogen-bond donors (Lipinski definition) is 1. The Hall–Kier alpha value is -1.77. The Bertz CT molecular complexity index is 401. The van der Waals surface area contributed by atoms with Crippen LogP contribution >= 0.6 is 0 Å². The second-order valence-electron chi connectivity index (χ2n) is 3.62. The third kappa shape index (κ3) is 6.41. The Labute approximate surface area is 116 Å². The van der Waals surface area contributed by atoms with Gasteiger partial charge in [0.05, 0.1) is 39.2 Å². The summed E-state index contributed by atoms with van der Waals surface area (Å²) in [6, 6.07) is 1.33. The number of aromatic carboxylic acids is 1. The zero-order chi connectivity index (χ0) is 14.6. The summed E-state index contributed by atoms with van der Waals surface area (Å²) in [6.45, 7) is 2.47. The minimum Gasteiger partial charge on any atom is -0.477 e. The van der Waals surface area contributed by atoms with Crippen LogP contribution in [0.1, 0.15) is 10.4 Å². The molecule has 1 aromatic rings. The Morgan fingerprint density at radius 1 is 1.15 bits per heavy atom. The average Bonchev–Trinajstić information content (AvgIpc) is 2.46. The lowest BCUT2D eigenvalue weighted by Crippen LogP contribution is -2.14. The topological polar surface area (TPSA) is 100 Å². The minimum absolute atomic E-state index is 0.0139. The van der Waals surface area contributed by atoms with Crippen LogP contribution in [0, 0.1) is 0 Å². The first-order valence-electron chi connectivity index (χ1n) is 6.08. The summed E-state index contributed by atoms with van der Waals surface area (Å²) < 4.78 is 20.5. The van der Waals surface area contributed by atoms with Crippen LogP contribution in [0.15, 0.2) is 12.3 Å². The van der Waals surface area contributed by atoms with Crippen molar-refractivity contribution in [1.29, 1.82) is 0 Å². The first kappa shape index (κ1) is 16.3. The van der Waals surface area contributed by atoms with E-state index in [0.717, 1.165) is 0 Å². The Balaban J connectivity index is 2.11. The lowest BCUT2D eigenvalue weighted by Gasteiger charge is -2.08. The van der Waals surface area contributed by atoms with Crippen molar-refractivity contribution in [3.05, 3.63) is 17.8 Å². The maximum absolute atomic E-state index is 10.9. The smallest absolute Gasteiger partial charge is 0.341 e. The van der Waals surface area contributed by atoms with E-state index >= 15 is 0 Å². The standard InChI is InChI=1S/C12H18N2O6/c1-17-4-5-18-6-7-19-8-9-20-11-10(12(15)16)2-3-13-14-11/h2-3H,4-9H2,1H3,(H,15,16). The van der Waals surface area contributed by atoms with Gasteiger partial charge in [-0.2, -0.15) is 5.10 Å². The third-order valence-corrected chi connectivity index (χ3v) is 2.19. The van der Waals surface area contributed by atoms with E-state index in [-0.39, 0.29) is 18.1 Å². The molecule has 20 heavy (non-hydrogen) atoms. The summed E-state index contributed by atoms with van der Waals surface area (Å²) in [6.07, 6.45) is 1.30. The number of carbonyl (C=O) groups is 1. The molecular weight excluding hydrogens is 268 g/mol. The number of hydrogen-bond acceptors (Lipinski definition) is 7. The van der Waals surface area contributed by atoms with Gasteiger partial charge in [0.1, 0.15) is 12.2 Å². The molecule has 0 radical (unpaired) electrons. The monoisotopic (exact) mass is 286 g/mol. The molecule has 0 saturated carbocycles. The van der Waals surface area contributed by atoms with Crippen LogP contribution in [0.5, 0.6) is 5.88 Å². The van der Waals surface area contributed by atoms with Crippen LogP contribution < -0.4 is 4.74 Å². The highest BCUT2D eigenvalue weighted by molar-refractivity contribution is 5.89. The van der Waals surface area contributed by atoms with E-state index in [1.165, 1.54) is 12.3 Å². The van der Waals surface area contributed by atoms with Gasteiger partial charge in [0.15, 0.2) is 0 Å². The molecule has 0 aliphatic heterocycles. The van der Waals surface area contributed by atoms with Crippen LogP contribution in [-0.4, -0.2) is 68.0 Å². The average molecular weight is 286 g/mol. The Kier molecular flexibility index (Phi) is 8.20. The van der Waals surface area contributed by atoms with Crippen LogP contribution in [0.2, 0.25) is 0 Å². The summed E-state index contributed by atoms with van der Waals surface area (Å²) in [7, 11) is 1.61. The minimum atomic E-state index is -1.11. The van der Waals surface area contributed by atoms with Gasteiger partial charge >= 0.3 is 5.97 Å². The molecule has 1 N–H and O–H groups in total. The molecule has 0 spiro atoms. The van der Waals surface area contributed by atoms with Gasteiger partial charge in [-0.15, -0.1) is 5.10 Å². The fraction of sp³-hybridized carbons (Fsp3) is 0.583. The van der Waals surface area contributed by atoms with Gasteiger partial charge in [-0.1, -0.05) is 0 Å². The quantitative estimate of drug-likeness (QED) is 0.577. The summed E-state index contributed by atoms with van der Waals surface area (Å²) in [5, 5.41) is 16.1. The van der Waals surface area contributed by atoms with E-state index in [9.17, 15) is 4.79 Å². The zero-order valence-electron chi connectivity index (χ0n) is 11.3. The number of carboxylic acid groups (broad SMARTS) is 1. The predicted octanol–water partition coefficient (Wildman–Crippen LogP) is 0.233. The van der Waals surface area contributed by atoms with Gasteiger partial charge in [0, 0.05) is 7.11 Å². The first-order chi connectivity index (χ1) is 9.75. The summed E-state index contributed by atoms with van der Waals surface area (Å²) in [4.78, 5) is 10.9. The maximum atomic E-state index is 10.9. The molecule has 8 heteroatoms. The van der Waals surface area contributed by atoms with E-state index < -0.39 is 5.97 Å². The second-order valence-corrected chi connectivity index (χ2v) is 3.62. The number of nitrogens with zero attached hydrogens (tertiary/aromatic N) is 2. The largest absolute Gasteiger partial charge is 0.477 e. The highest BCUT2D eigenvalue weighted by atomic mass is 16.6. The molecule has 0 aromatic carbocycles. The van der Waals surface area contributed by atoms with Crippen molar-refractivity contribution in [2.45, 2.75) is 0 Å². The van der Waals surface area contributed by atoms with E-state index in [2.05, 4.69) is 10.2 Å². The first-order valence-corrected chi connectivity index (χ1v) is 6.08. The van der Waals surface area contributed by atoms with Crippen LogP contribution in [0.25, 0.3) is 0 Å². The van der Waals surface area contributed by atoms with Gasteiger partial charge in [0.25, 0.3) is 0 Å². The van der Waals surface area contributed by atoms with Crippen molar-refractivity contribution >= 4 is 5.97 Å². The Morgan fingerprint density at radius 3 is 2.45 bits per heavy atom. The van der Waals surface area contributed by atoms with Gasteiger partial charge in [-0.3, -0.25) is 0 Å². The molecule has 0 aliphatic carbocycles. The molecule has 1 aromatic heterocycles. The summed E-state index contributed by atoms with van der Waals surface area (Å²) in [5.74, 6) is -1.12. The predicted molar refractivity (Wildman–Crippen MR) is 68.0 cm³/mol. The molecule has 0 atom stereocenters. The normalized spacial score (nSPS) is 10.4. The number of carboxylic acids is 1. The molecule has 0 amide bonds. The molecule has 112 valence electrons. The number of ether oxygens (including phenoxy) is 4. The van der Waals surface area contributed by atoms with Gasteiger partial charge in [-0.05, 0) is 6.07 Å². The number of rotatable bonds is 11. The molecular formula is C12H18N2O6. The fourth-order valence-corrected chi connectivity index (χ4v) is 1.25. The van der Waals surface area contributed by atoms with Crippen LogP contribution in [-0.2, 0) is 14.2 Å². The van der Waals surface area contributed by atoms with Crippen molar-refractivity contribution in [2.75, 3.05) is 46.8 Å². The van der Waals surface area contributed by atoms with E-state index in [1.54, 1.807) is 7.11 Å². The van der Waals surface area contributed by atoms with Gasteiger partial charge < -0.3 is 24.1 Å². The van der Waals surface area contributed by atoms with Crippen LogP contribution in [0.4, 0.5) is 0 Å². The van der Waals surface area contributed by atoms with E-state index in [0.29, 0.717) is 33.0 Å². The number of methoxy groups -OCH3 is 1. The van der Waals surface area contributed by atoms with Crippen molar-refractivity contribution < 1.29 is 28.8 Å². The molecule has 0 bridgehead atoms. The second kappa shape index (κ2) is 10.1. The summed E-state index contributed by atoms with van der Waals surface area (Å²) >= 11 is 0. The molecule has 0 unspecified atom stereocenters. The molecule has 0 saturated heterocycles. The van der Waals surface area contributed by atoms with E-state index in [4.69, 9.17) is 24.1 Å². The number of aromatic nitrogens is 2. The lowest BCUT2D eigenvalue weighted by atomic mass is 10.3. The fourth-order valence-electron chi connectivity index (χ4n) is 1.25. The van der Waals surface area contributed by atoms with Crippen molar-refractivity contribution in [2.24, 2.45) is 0 Å². The van der Waals surface area contributed by atoms with Crippen molar-refractivity contribution in [3.8, 4) is 5.88 Å². The SMILES string of the molecule is COCCOCCOCCOc1nnccc1C(=O)O. The van der Waals surface area contributed by atoms with E-state index in [1.807, 2.05) is 0 Å². The molecule has 8 nitrogen and oxygen atoms in total. The van der Waals surface area contributed by atoms with Crippen molar-refractivity contribution in [1.82, 2.24) is 10.2 Å². The highest BCUT2D eigenvalue weighted by Gasteiger charge is 2.12. The summed E-state index contributed by atoms with van der Waals surface area (Å²) in [5.41, 5.74) is -0.0251. The lowest BCUT2D eigenvalue weighted by molar-refractivity contribution is 0.0174. The van der Waals surface area contributed by atoms with Gasteiger partial charge in [-0.25, -0.2) is 4.79 Å². The maximum Gasteiger partial charge on any atom is 0.341 e. The van der Waals surface area contributed by atoms with Gasteiger partial charge in [0.2, 0.25) is 5.88 Å². The molecule has 1 heterocycles. The molecule has 0 fully saturated rings. The van der Waals surface area contributed by atoms with Crippen molar-refractivity contribution in [3.63, 3.8) is 0 Å². The molecule has 1 rings (SSSR count). The molecule has 0 aliphatic rings. The highest BCUT2D eigenvalue weighted by Crippen LogP contribution is 2.12. The Morgan fingerprint density at radius 2 is 1.80 bits per heavy atom. The van der Waals surface area contributed by atoms with Crippen LogP contribution in [0.3, 0.4) is 0 Å². The third-order valence-electron chi connectivity index (χ3n) is 2.19. The zero-order valence-corrected chi connectivity index (χ0v) is 11.3.